The summed E-state index contributed by atoms with van der Waals surface area (Å²) in [6.07, 6.45) is 0. The molecule has 230 valence electrons. The van der Waals surface area contributed by atoms with E-state index in [1.165, 1.54) is 16.7 Å². The van der Waals surface area contributed by atoms with Crippen molar-refractivity contribution in [1.82, 2.24) is 6.15 Å². The lowest BCUT2D eigenvalue weighted by molar-refractivity contribution is -0.00713. The number of hydrogen-bond acceptors (Lipinski definition) is 9. The summed E-state index contributed by atoms with van der Waals surface area (Å²) < 4.78 is 61.2. The van der Waals surface area contributed by atoms with Gasteiger partial charge in [0.1, 0.15) is 12.4 Å². The molecule has 0 radical (unpaired) electrons. The van der Waals surface area contributed by atoms with Gasteiger partial charge >= 0.3 is 10.4 Å². The van der Waals surface area contributed by atoms with E-state index in [0.29, 0.717) is 46.2 Å². The minimum Gasteiger partial charge on any atom is -0.491 e. The van der Waals surface area contributed by atoms with E-state index in [1.54, 1.807) is 0 Å². The molecule has 0 aliphatic carbocycles. The van der Waals surface area contributed by atoms with Crippen LogP contribution in [0.1, 0.15) is 79.0 Å². The van der Waals surface area contributed by atoms with Crippen LogP contribution in [-0.4, -0.2) is 79.0 Å². The standard InChI is InChI=1S/C28H50O9S.H3N/c1-26(2,3)22-10-11-23(25(28(7,8)9)24(22)27(4,5)6)36-20-18-34-16-14-32-12-13-33-15-17-35-19-21-37-38(29,30)31;/h10-11H,12-21H2,1-9H3,(H,29,30,31);1H3. The molecule has 10 nitrogen and oxygen atoms in total. The molecule has 1 aromatic carbocycles. The molecule has 0 spiro atoms. The highest BCUT2D eigenvalue weighted by atomic mass is 32.3. The van der Waals surface area contributed by atoms with Crippen molar-refractivity contribution in [2.75, 3.05) is 66.1 Å². The van der Waals surface area contributed by atoms with Crippen molar-refractivity contribution in [3.63, 3.8) is 0 Å². The average Bonchev–Trinajstić information content (AvgIpc) is 2.75. The fourth-order valence-corrected chi connectivity index (χ4v) is 4.30. The predicted molar refractivity (Wildman–Crippen MR) is 154 cm³/mol. The molecular formula is C28H53NO9S. The Bertz CT molecular complexity index is 930. The maximum atomic E-state index is 10.4. The second-order valence-electron chi connectivity index (χ2n) is 12.2. The van der Waals surface area contributed by atoms with Crippen molar-refractivity contribution < 1.29 is 40.8 Å². The molecule has 0 bridgehead atoms. The van der Waals surface area contributed by atoms with Crippen LogP contribution in [0.15, 0.2) is 12.1 Å². The fraction of sp³-hybridized carbons (Fsp3) is 0.786. The van der Waals surface area contributed by atoms with Gasteiger partial charge in [0, 0.05) is 5.56 Å². The van der Waals surface area contributed by atoms with Crippen LogP contribution < -0.4 is 10.9 Å². The van der Waals surface area contributed by atoms with Gasteiger partial charge in [-0.25, -0.2) is 4.18 Å². The summed E-state index contributed by atoms with van der Waals surface area (Å²) in [6.45, 7) is 23.4. The van der Waals surface area contributed by atoms with E-state index >= 15 is 0 Å². The van der Waals surface area contributed by atoms with Gasteiger partial charge in [0.25, 0.3) is 0 Å². The first-order chi connectivity index (χ1) is 17.4. The first-order valence-electron chi connectivity index (χ1n) is 13.2. The highest BCUT2D eigenvalue weighted by molar-refractivity contribution is 7.80. The second kappa shape index (κ2) is 16.8. The smallest absolute Gasteiger partial charge is 0.397 e. The van der Waals surface area contributed by atoms with Crippen LogP contribution in [-0.2, 0) is 49.8 Å². The Labute approximate surface area is 236 Å². The third-order valence-electron chi connectivity index (χ3n) is 5.54. The number of hydrogen-bond donors (Lipinski definition) is 2. The summed E-state index contributed by atoms with van der Waals surface area (Å²) in [5.41, 5.74) is 3.93. The molecule has 0 aromatic heterocycles. The van der Waals surface area contributed by atoms with Gasteiger partial charge in [0.05, 0.1) is 59.5 Å². The molecule has 1 rings (SSSR count). The van der Waals surface area contributed by atoms with Gasteiger partial charge in [-0.15, -0.1) is 0 Å². The maximum absolute atomic E-state index is 10.4. The van der Waals surface area contributed by atoms with Crippen molar-refractivity contribution >= 4 is 10.4 Å². The first-order valence-corrected chi connectivity index (χ1v) is 14.5. The monoisotopic (exact) mass is 579 g/mol. The Morgan fingerprint density at radius 1 is 0.590 bits per heavy atom. The Morgan fingerprint density at radius 2 is 0.974 bits per heavy atom. The topological polar surface area (TPSA) is 145 Å². The van der Waals surface area contributed by atoms with E-state index in [9.17, 15) is 8.42 Å². The minimum atomic E-state index is -4.42. The predicted octanol–water partition coefficient (Wildman–Crippen LogP) is 5.01. The van der Waals surface area contributed by atoms with Crippen molar-refractivity contribution in [3.05, 3.63) is 28.8 Å². The third kappa shape index (κ3) is 15.3. The van der Waals surface area contributed by atoms with E-state index in [2.05, 4.69) is 78.6 Å². The molecule has 0 saturated heterocycles. The van der Waals surface area contributed by atoms with Crippen LogP contribution in [0.5, 0.6) is 5.75 Å². The van der Waals surface area contributed by atoms with Crippen molar-refractivity contribution in [2.45, 2.75) is 78.6 Å². The highest BCUT2D eigenvalue weighted by Crippen LogP contribution is 2.45. The number of ether oxygens (including phenoxy) is 5. The van der Waals surface area contributed by atoms with Crippen molar-refractivity contribution in [3.8, 4) is 5.75 Å². The fourth-order valence-electron chi connectivity index (χ4n) is 4.02. The average molecular weight is 580 g/mol. The van der Waals surface area contributed by atoms with Crippen LogP contribution in [0.2, 0.25) is 0 Å². The molecular weight excluding hydrogens is 526 g/mol. The Morgan fingerprint density at radius 3 is 1.33 bits per heavy atom. The number of rotatable bonds is 17. The summed E-state index contributed by atoms with van der Waals surface area (Å²) >= 11 is 0. The van der Waals surface area contributed by atoms with Gasteiger partial charge in [-0.3, -0.25) is 4.55 Å². The molecule has 0 aliphatic heterocycles. The minimum absolute atomic E-state index is 0. The van der Waals surface area contributed by atoms with Crippen LogP contribution in [0, 0.1) is 0 Å². The van der Waals surface area contributed by atoms with Gasteiger partial charge in [-0.05, 0) is 33.4 Å². The maximum Gasteiger partial charge on any atom is 0.397 e. The molecule has 11 heteroatoms. The zero-order chi connectivity index (χ0) is 29.0. The molecule has 0 heterocycles. The van der Waals surface area contributed by atoms with Crippen LogP contribution in [0.25, 0.3) is 0 Å². The molecule has 0 unspecified atom stereocenters. The molecule has 1 aromatic rings. The lowest BCUT2D eigenvalue weighted by Gasteiger charge is -2.37. The van der Waals surface area contributed by atoms with Gasteiger partial charge in [0.2, 0.25) is 0 Å². The van der Waals surface area contributed by atoms with Gasteiger partial charge in [0.15, 0.2) is 0 Å². The molecule has 0 amide bonds. The normalized spacial score (nSPS) is 12.9. The van der Waals surface area contributed by atoms with E-state index in [1.807, 2.05) is 0 Å². The third-order valence-corrected chi connectivity index (χ3v) is 6.00. The summed E-state index contributed by atoms with van der Waals surface area (Å²) in [4.78, 5) is 0. The molecule has 4 N–H and O–H groups in total. The van der Waals surface area contributed by atoms with Crippen LogP contribution >= 0.6 is 0 Å². The summed E-state index contributed by atoms with van der Waals surface area (Å²) in [5.74, 6) is 0.919. The van der Waals surface area contributed by atoms with Gasteiger partial charge in [-0.1, -0.05) is 68.4 Å². The SMILES string of the molecule is CC(C)(C)c1ccc(OCCOCCOCCOCCOCCOS(=O)(=O)O)c(C(C)(C)C)c1C(C)(C)C.N. The largest absolute Gasteiger partial charge is 0.491 e. The van der Waals surface area contributed by atoms with E-state index in [4.69, 9.17) is 28.2 Å². The van der Waals surface area contributed by atoms with Crippen molar-refractivity contribution in [1.29, 1.82) is 0 Å². The lowest BCUT2D eigenvalue weighted by Crippen LogP contribution is -2.29. The summed E-state index contributed by atoms with van der Waals surface area (Å²) in [5, 5.41) is 0. The number of benzene rings is 1. The van der Waals surface area contributed by atoms with Gasteiger partial charge in [-0.2, -0.15) is 8.42 Å². The molecule has 0 fully saturated rings. The van der Waals surface area contributed by atoms with E-state index in [0.717, 1.165) is 5.75 Å². The molecule has 0 aliphatic rings. The van der Waals surface area contributed by atoms with Crippen LogP contribution in [0.3, 0.4) is 0 Å². The quantitative estimate of drug-likeness (QED) is 0.191. The summed E-state index contributed by atoms with van der Waals surface area (Å²) in [7, 11) is -4.42. The van der Waals surface area contributed by atoms with E-state index < -0.39 is 10.4 Å². The Hall–Kier alpha value is -1.31. The van der Waals surface area contributed by atoms with Gasteiger partial charge < -0.3 is 29.8 Å². The molecule has 39 heavy (non-hydrogen) atoms. The zero-order valence-corrected chi connectivity index (χ0v) is 26.4. The zero-order valence-electron chi connectivity index (χ0n) is 25.6. The molecule has 0 saturated carbocycles. The summed E-state index contributed by atoms with van der Waals surface area (Å²) in [6, 6.07) is 4.32. The lowest BCUT2D eigenvalue weighted by atomic mass is 9.68. The highest BCUT2D eigenvalue weighted by Gasteiger charge is 2.34. The van der Waals surface area contributed by atoms with Crippen LogP contribution in [0.4, 0.5) is 0 Å². The Balaban J connectivity index is 0.0000144. The van der Waals surface area contributed by atoms with Crippen molar-refractivity contribution in [2.24, 2.45) is 0 Å². The van der Waals surface area contributed by atoms with E-state index in [-0.39, 0.29) is 42.2 Å². The molecule has 0 atom stereocenters. The Kier molecular flexibility index (Phi) is 16.3. The second-order valence-corrected chi connectivity index (χ2v) is 13.3. The first kappa shape index (κ1) is 37.7.